The van der Waals surface area contributed by atoms with E-state index >= 15 is 0 Å². The molecule has 0 rings (SSSR count). The highest BCUT2D eigenvalue weighted by molar-refractivity contribution is 5.87. The number of carbonyl (C=O) groups excluding carboxylic acids is 1. The molecule has 3 nitrogen and oxygen atoms in total. The summed E-state index contributed by atoms with van der Waals surface area (Å²) < 4.78 is 4.58. The second kappa shape index (κ2) is 7.46. The molecule has 1 N–H and O–H groups in total. The molecular formula is C12H22O3. The van der Waals surface area contributed by atoms with Gasteiger partial charge < -0.3 is 9.84 Å². The summed E-state index contributed by atoms with van der Waals surface area (Å²) in [6.45, 7) is 7.71. The van der Waals surface area contributed by atoms with E-state index in [1.165, 1.54) is 7.11 Å². The zero-order valence-electron chi connectivity index (χ0n) is 9.95. The van der Waals surface area contributed by atoms with E-state index in [9.17, 15) is 9.90 Å². The van der Waals surface area contributed by atoms with Gasteiger partial charge in [-0.05, 0) is 18.8 Å². The van der Waals surface area contributed by atoms with Crippen molar-refractivity contribution in [2.45, 2.75) is 45.6 Å². The van der Waals surface area contributed by atoms with Gasteiger partial charge in [-0.25, -0.2) is 4.79 Å². The van der Waals surface area contributed by atoms with Crippen molar-refractivity contribution in [3.05, 3.63) is 12.2 Å². The van der Waals surface area contributed by atoms with Gasteiger partial charge in [0.2, 0.25) is 0 Å². The highest BCUT2D eigenvalue weighted by Crippen LogP contribution is 2.21. The summed E-state index contributed by atoms with van der Waals surface area (Å²) in [5.41, 5.74) is 0.444. The first kappa shape index (κ1) is 14.2. The van der Waals surface area contributed by atoms with Crippen LogP contribution in [0, 0.1) is 5.92 Å². The Morgan fingerprint density at radius 3 is 2.47 bits per heavy atom. The molecule has 0 saturated heterocycles. The van der Waals surface area contributed by atoms with Crippen LogP contribution in [0.15, 0.2) is 12.2 Å². The fourth-order valence-electron chi connectivity index (χ4n) is 1.63. The summed E-state index contributed by atoms with van der Waals surface area (Å²) in [5.74, 6) is -0.270. The van der Waals surface area contributed by atoms with E-state index in [4.69, 9.17) is 0 Å². The van der Waals surface area contributed by atoms with Gasteiger partial charge in [0.05, 0.1) is 13.2 Å². The van der Waals surface area contributed by atoms with Crippen molar-refractivity contribution >= 4 is 5.97 Å². The molecule has 0 heterocycles. The number of carbonyl (C=O) groups is 1. The van der Waals surface area contributed by atoms with Crippen LogP contribution < -0.4 is 0 Å². The molecular weight excluding hydrogens is 192 g/mol. The van der Waals surface area contributed by atoms with Crippen molar-refractivity contribution in [1.29, 1.82) is 0 Å². The van der Waals surface area contributed by atoms with E-state index in [0.29, 0.717) is 12.0 Å². The molecule has 2 atom stereocenters. The second-order valence-electron chi connectivity index (χ2n) is 3.82. The quantitative estimate of drug-likeness (QED) is 0.522. The van der Waals surface area contributed by atoms with Crippen molar-refractivity contribution in [2.24, 2.45) is 5.92 Å². The first-order valence-electron chi connectivity index (χ1n) is 5.50. The predicted molar refractivity (Wildman–Crippen MR) is 60.5 cm³/mol. The third kappa shape index (κ3) is 4.98. The minimum absolute atomic E-state index is 0.108. The van der Waals surface area contributed by atoms with Crippen LogP contribution in [0.2, 0.25) is 0 Å². The number of rotatable bonds is 7. The van der Waals surface area contributed by atoms with Crippen LogP contribution in [0.25, 0.3) is 0 Å². The van der Waals surface area contributed by atoms with Crippen LogP contribution in [-0.2, 0) is 9.53 Å². The van der Waals surface area contributed by atoms with Crippen LogP contribution in [0.1, 0.15) is 39.5 Å². The van der Waals surface area contributed by atoms with E-state index < -0.39 is 0 Å². The van der Waals surface area contributed by atoms with Gasteiger partial charge in [-0.3, -0.25) is 0 Å². The molecule has 0 saturated carbocycles. The van der Waals surface area contributed by atoms with E-state index in [1.807, 2.05) is 13.8 Å². The van der Waals surface area contributed by atoms with Crippen LogP contribution in [0.5, 0.6) is 0 Å². The Kier molecular flexibility index (Phi) is 7.05. The predicted octanol–water partition coefficient (Wildman–Crippen LogP) is 2.29. The number of esters is 1. The summed E-state index contributed by atoms with van der Waals surface area (Å²) in [6.07, 6.45) is 2.73. The van der Waals surface area contributed by atoms with Gasteiger partial charge in [0, 0.05) is 5.57 Å². The zero-order valence-corrected chi connectivity index (χ0v) is 9.95. The summed E-state index contributed by atoms with van der Waals surface area (Å²) in [5, 5.41) is 9.82. The summed E-state index contributed by atoms with van der Waals surface area (Å²) in [6, 6.07) is 0. The van der Waals surface area contributed by atoms with E-state index in [1.54, 1.807) is 0 Å². The Morgan fingerprint density at radius 2 is 2.07 bits per heavy atom. The summed E-state index contributed by atoms with van der Waals surface area (Å²) in [7, 11) is 1.34. The summed E-state index contributed by atoms with van der Waals surface area (Å²) in [4.78, 5) is 11.1. The van der Waals surface area contributed by atoms with Crippen molar-refractivity contribution in [2.75, 3.05) is 7.11 Å². The molecule has 0 bridgehead atoms. The smallest absolute Gasteiger partial charge is 0.333 e. The monoisotopic (exact) mass is 214 g/mol. The van der Waals surface area contributed by atoms with Gasteiger partial charge in [-0.15, -0.1) is 0 Å². The minimum atomic E-state index is -0.378. The molecule has 2 unspecified atom stereocenters. The molecule has 0 aliphatic rings. The minimum Gasteiger partial charge on any atom is -0.466 e. The number of aliphatic hydroxyl groups is 1. The van der Waals surface area contributed by atoms with Gasteiger partial charge in [-0.1, -0.05) is 33.3 Å². The van der Waals surface area contributed by atoms with Crippen LogP contribution in [0.3, 0.4) is 0 Å². The van der Waals surface area contributed by atoms with Gasteiger partial charge in [-0.2, -0.15) is 0 Å². The maximum absolute atomic E-state index is 11.1. The molecule has 0 aliphatic heterocycles. The lowest BCUT2D eigenvalue weighted by molar-refractivity contribution is -0.136. The molecule has 3 heteroatoms. The fraction of sp³-hybridized carbons (Fsp3) is 0.750. The first-order chi connectivity index (χ1) is 7.06. The number of aliphatic hydroxyl groups excluding tert-OH is 1. The topological polar surface area (TPSA) is 46.5 Å². The lowest BCUT2D eigenvalue weighted by Gasteiger charge is -2.21. The second-order valence-corrected chi connectivity index (χ2v) is 3.82. The number of methoxy groups -OCH3 is 1. The van der Waals surface area contributed by atoms with Crippen molar-refractivity contribution in [3.8, 4) is 0 Å². The molecule has 0 aromatic heterocycles. The Hall–Kier alpha value is -0.830. The van der Waals surface area contributed by atoms with Gasteiger partial charge in [0.15, 0.2) is 0 Å². The largest absolute Gasteiger partial charge is 0.466 e. The van der Waals surface area contributed by atoms with Crippen LogP contribution >= 0.6 is 0 Å². The van der Waals surface area contributed by atoms with E-state index in [-0.39, 0.29) is 18.0 Å². The van der Waals surface area contributed by atoms with Crippen molar-refractivity contribution < 1.29 is 14.6 Å². The molecule has 0 aliphatic carbocycles. The highest BCUT2D eigenvalue weighted by atomic mass is 16.5. The molecule has 0 aromatic rings. The number of ether oxygens (including phenoxy) is 1. The Balaban J connectivity index is 4.20. The molecule has 0 radical (unpaired) electrons. The van der Waals surface area contributed by atoms with E-state index in [2.05, 4.69) is 11.3 Å². The molecule has 15 heavy (non-hydrogen) atoms. The van der Waals surface area contributed by atoms with E-state index in [0.717, 1.165) is 19.3 Å². The Labute approximate surface area is 92.1 Å². The van der Waals surface area contributed by atoms with Gasteiger partial charge in [0.25, 0.3) is 0 Å². The molecule has 0 aromatic carbocycles. The highest BCUT2D eigenvalue weighted by Gasteiger charge is 2.20. The fourth-order valence-corrected chi connectivity index (χ4v) is 1.63. The molecule has 88 valence electrons. The lowest BCUT2D eigenvalue weighted by Crippen LogP contribution is -2.21. The standard InChI is InChI=1S/C12H22O3/c1-5-7-11(13)10(6-2)8-9(3)12(14)15-4/h10-11,13H,3,5-8H2,1-2,4H3. The van der Waals surface area contributed by atoms with Gasteiger partial charge in [0.1, 0.15) is 0 Å². The Bertz CT molecular complexity index is 211. The molecule has 0 fully saturated rings. The van der Waals surface area contributed by atoms with Crippen molar-refractivity contribution in [1.82, 2.24) is 0 Å². The maximum Gasteiger partial charge on any atom is 0.333 e. The van der Waals surface area contributed by atoms with Crippen LogP contribution in [-0.4, -0.2) is 24.3 Å². The normalized spacial score (nSPS) is 14.4. The maximum atomic E-state index is 11.1. The summed E-state index contributed by atoms with van der Waals surface area (Å²) >= 11 is 0. The SMILES string of the molecule is C=C(CC(CC)C(O)CCC)C(=O)OC. The van der Waals surface area contributed by atoms with Crippen LogP contribution in [0.4, 0.5) is 0 Å². The molecule has 0 amide bonds. The average Bonchev–Trinajstić information content (AvgIpc) is 2.24. The zero-order chi connectivity index (χ0) is 11.8. The molecule has 0 spiro atoms. The van der Waals surface area contributed by atoms with Crippen molar-refractivity contribution in [3.63, 3.8) is 0 Å². The third-order valence-electron chi connectivity index (χ3n) is 2.64. The first-order valence-corrected chi connectivity index (χ1v) is 5.50. The average molecular weight is 214 g/mol. The number of hydrogen-bond donors (Lipinski definition) is 1. The lowest BCUT2D eigenvalue weighted by atomic mass is 9.90. The van der Waals surface area contributed by atoms with Gasteiger partial charge >= 0.3 is 5.97 Å². The Morgan fingerprint density at radius 1 is 1.47 bits per heavy atom. The third-order valence-corrected chi connectivity index (χ3v) is 2.64. The number of hydrogen-bond acceptors (Lipinski definition) is 3.